The van der Waals surface area contributed by atoms with Crippen LogP contribution in [0.15, 0.2) is 0 Å². The summed E-state index contributed by atoms with van der Waals surface area (Å²) in [6.07, 6.45) is 2.57. The predicted molar refractivity (Wildman–Crippen MR) is 65.3 cm³/mol. The first-order valence-corrected chi connectivity index (χ1v) is 6.53. The normalized spacial score (nSPS) is 21.1. The third-order valence-electron chi connectivity index (χ3n) is 3.86. The van der Waals surface area contributed by atoms with Crippen molar-refractivity contribution >= 4 is 11.8 Å². The summed E-state index contributed by atoms with van der Waals surface area (Å²) in [5.74, 6) is -0.225. The minimum atomic E-state index is -0.586. The standard InChI is InChI=1S/C13H23NO3/c1-4-7-10(15)9-14-11(16)8-13(5-2,6-3)12(14)17/h10,15H,4-9H2,1-3H3. The van der Waals surface area contributed by atoms with E-state index in [0.29, 0.717) is 25.7 Å². The van der Waals surface area contributed by atoms with Gasteiger partial charge in [0, 0.05) is 6.42 Å². The number of carbonyl (C=O) groups is 2. The highest BCUT2D eigenvalue weighted by atomic mass is 16.3. The van der Waals surface area contributed by atoms with E-state index >= 15 is 0 Å². The molecule has 1 atom stereocenters. The van der Waals surface area contributed by atoms with E-state index in [9.17, 15) is 14.7 Å². The Bertz CT molecular complexity index is 297. The second kappa shape index (κ2) is 5.63. The molecule has 0 saturated carbocycles. The van der Waals surface area contributed by atoms with Gasteiger partial charge < -0.3 is 5.11 Å². The molecule has 1 N–H and O–H groups in total. The van der Waals surface area contributed by atoms with Crippen LogP contribution in [0.2, 0.25) is 0 Å². The quantitative estimate of drug-likeness (QED) is 0.720. The van der Waals surface area contributed by atoms with Crippen molar-refractivity contribution < 1.29 is 14.7 Å². The van der Waals surface area contributed by atoms with Crippen molar-refractivity contribution in [3.8, 4) is 0 Å². The molecule has 1 unspecified atom stereocenters. The van der Waals surface area contributed by atoms with Crippen molar-refractivity contribution in [3.05, 3.63) is 0 Å². The van der Waals surface area contributed by atoms with Gasteiger partial charge in [-0.05, 0) is 19.3 Å². The first-order valence-electron chi connectivity index (χ1n) is 6.53. The second-order valence-corrected chi connectivity index (χ2v) is 4.92. The lowest BCUT2D eigenvalue weighted by Gasteiger charge is -2.24. The van der Waals surface area contributed by atoms with Gasteiger partial charge in [0.25, 0.3) is 0 Å². The largest absolute Gasteiger partial charge is 0.391 e. The van der Waals surface area contributed by atoms with Gasteiger partial charge in [0.05, 0.1) is 18.1 Å². The minimum Gasteiger partial charge on any atom is -0.391 e. The Morgan fingerprint density at radius 2 is 1.88 bits per heavy atom. The Kier molecular flexibility index (Phi) is 4.69. The van der Waals surface area contributed by atoms with E-state index < -0.39 is 11.5 Å². The molecule has 17 heavy (non-hydrogen) atoms. The summed E-state index contributed by atoms with van der Waals surface area (Å²) in [6.45, 7) is 6.02. The summed E-state index contributed by atoms with van der Waals surface area (Å²) in [6, 6.07) is 0. The van der Waals surface area contributed by atoms with Gasteiger partial charge in [0.2, 0.25) is 11.8 Å². The van der Waals surface area contributed by atoms with Gasteiger partial charge in [-0.3, -0.25) is 14.5 Å². The molecule has 1 saturated heterocycles. The van der Waals surface area contributed by atoms with Crippen LogP contribution in [0.3, 0.4) is 0 Å². The van der Waals surface area contributed by atoms with Gasteiger partial charge in [0.1, 0.15) is 0 Å². The fraction of sp³-hybridized carbons (Fsp3) is 0.846. The van der Waals surface area contributed by atoms with Crippen LogP contribution in [0, 0.1) is 5.41 Å². The Hall–Kier alpha value is -0.900. The number of likely N-dealkylation sites (tertiary alicyclic amines) is 1. The molecule has 98 valence electrons. The van der Waals surface area contributed by atoms with Crippen LogP contribution >= 0.6 is 0 Å². The lowest BCUT2D eigenvalue weighted by atomic mass is 9.81. The van der Waals surface area contributed by atoms with Gasteiger partial charge in [-0.15, -0.1) is 0 Å². The summed E-state index contributed by atoms with van der Waals surface area (Å²) in [5, 5.41) is 9.71. The van der Waals surface area contributed by atoms with Gasteiger partial charge in [0.15, 0.2) is 0 Å². The van der Waals surface area contributed by atoms with E-state index in [1.807, 2.05) is 20.8 Å². The van der Waals surface area contributed by atoms with Crippen LogP contribution in [0.25, 0.3) is 0 Å². The van der Waals surface area contributed by atoms with Gasteiger partial charge in [-0.2, -0.15) is 0 Å². The lowest BCUT2D eigenvalue weighted by Crippen LogP contribution is -2.39. The molecule has 1 rings (SSSR count). The zero-order valence-corrected chi connectivity index (χ0v) is 11.0. The average molecular weight is 241 g/mol. The monoisotopic (exact) mass is 241 g/mol. The highest BCUT2D eigenvalue weighted by Crippen LogP contribution is 2.39. The van der Waals surface area contributed by atoms with Crippen molar-refractivity contribution in [2.45, 2.75) is 59.0 Å². The fourth-order valence-electron chi connectivity index (χ4n) is 2.48. The number of aliphatic hydroxyl groups excluding tert-OH is 1. The molecule has 1 aliphatic rings. The van der Waals surface area contributed by atoms with E-state index in [4.69, 9.17) is 0 Å². The maximum Gasteiger partial charge on any atom is 0.235 e. The molecule has 0 spiro atoms. The molecule has 1 heterocycles. The Balaban J connectivity index is 2.75. The maximum atomic E-state index is 12.2. The van der Waals surface area contributed by atoms with Crippen LogP contribution in [0.5, 0.6) is 0 Å². The van der Waals surface area contributed by atoms with Crippen molar-refractivity contribution in [2.24, 2.45) is 5.41 Å². The summed E-state index contributed by atoms with van der Waals surface area (Å²) < 4.78 is 0. The number of rotatable bonds is 6. The molecular formula is C13H23NO3. The topological polar surface area (TPSA) is 57.6 Å². The molecule has 2 amide bonds. The smallest absolute Gasteiger partial charge is 0.235 e. The van der Waals surface area contributed by atoms with E-state index in [1.165, 1.54) is 4.90 Å². The molecule has 0 radical (unpaired) electrons. The summed E-state index contributed by atoms with van der Waals surface area (Å²) in [5.41, 5.74) is -0.511. The number of hydrogen-bond acceptors (Lipinski definition) is 3. The Morgan fingerprint density at radius 3 is 2.29 bits per heavy atom. The molecule has 1 fully saturated rings. The van der Waals surface area contributed by atoms with Crippen molar-refractivity contribution in [2.75, 3.05) is 6.54 Å². The van der Waals surface area contributed by atoms with Crippen LogP contribution < -0.4 is 0 Å². The molecule has 0 aromatic rings. The summed E-state index contributed by atoms with van der Waals surface area (Å²) >= 11 is 0. The zero-order valence-electron chi connectivity index (χ0n) is 11.0. The Labute approximate surface area is 103 Å². The van der Waals surface area contributed by atoms with E-state index in [2.05, 4.69) is 0 Å². The molecule has 4 heteroatoms. The first-order chi connectivity index (χ1) is 8.00. The van der Waals surface area contributed by atoms with Gasteiger partial charge in [-0.1, -0.05) is 27.2 Å². The maximum absolute atomic E-state index is 12.2. The number of imide groups is 1. The van der Waals surface area contributed by atoms with Crippen LogP contribution in [-0.2, 0) is 9.59 Å². The summed E-state index contributed by atoms with van der Waals surface area (Å²) in [4.78, 5) is 25.3. The minimum absolute atomic E-state index is 0.0948. The van der Waals surface area contributed by atoms with Crippen molar-refractivity contribution in [3.63, 3.8) is 0 Å². The number of hydrogen-bond donors (Lipinski definition) is 1. The first kappa shape index (κ1) is 14.2. The lowest BCUT2D eigenvalue weighted by molar-refractivity contribution is -0.143. The van der Waals surface area contributed by atoms with Crippen LogP contribution in [0.4, 0.5) is 0 Å². The third kappa shape index (κ3) is 2.68. The van der Waals surface area contributed by atoms with Gasteiger partial charge in [-0.25, -0.2) is 0 Å². The number of nitrogens with zero attached hydrogens (tertiary/aromatic N) is 1. The molecule has 0 aliphatic carbocycles. The molecule has 0 aromatic heterocycles. The third-order valence-corrected chi connectivity index (χ3v) is 3.86. The number of aliphatic hydroxyl groups is 1. The second-order valence-electron chi connectivity index (χ2n) is 4.92. The highest BCUT2D eigenvalue weighted by Gasteiger charge is 2.49. The number of β-amino-alcohol motifs (C(OH)–C–C–N with tert-alkyl or cyclic N) is 1. The van der Waals surface area contributed by atoms with E-state index in [0.717, 1.165) is 6.42 Å². The highest BCUT2D eigenvalue weighted by molar-refractivity contribution is 6.05. The SMILES string of the molecule is CCCC(O)CN1C(=O)CC(CC)(CC)C1=O. The predicted octanol–water partition coefficient (Wildman–Crippen LogP) is 1.71. The van der Waals surface area contributed by atoms with Crippen molar-refractivity contribution in [1.29, 1.82) is 0 Å². The average Bonchev–Trinajstić information content (AvgIpc) is 2.54. The van der Waals surface area contributed by atoms with Crippen molar-refractivity contribution in [1.82, 2.24) is 4.90 Å². The van der Waals surface area contributed by atoms with Crippen LogP contribution in [-0.4, -0.2) is 34.5 Å². The van der Waals surface area contributed by atoms with Crippen LogP contribution in [0.1, 0.15) is 52.9 Å². The molecule has 0 aromatic carbocycles. The van der Waals surface area contributed by atoms with E-state index in [1.54, 1.807) is 0 Å². The fourth-order valence-corrected chi connectivity index (χ4v) is 2.48. The molecule has 0 bridgehead atoms. The zero-order chi connectivity index (χ0) is 13.1. The number of carbonyl (C=O) groups excluding carboxylic acids is 2. The van der Waals surface area contributed by atoms with E-state index in [-0.39, 0.29) is 18.4 Å². The summed E-state index contributed by atoms with van der Waals surface area (Å²) in [7, 11) is 0. The Morgan fingerprint density at radius 1 is 1.29 bits per heavy atom. The molecular weight excluding hydrogens is 218 g/mol. The van der Waals surface area contributed by atoms with Gasteiger partial charge >= 0.3 is 0 Å². The molecule has 4 nitrogen and oxygen atoms in total. The molecule has 1 aliphatic heterocycles. The number of amides is 2.